The Morgan fingerprint density at radius 1 is 1.19 bits per heavy atom. The third kappa shape index (κ3) is 3.61. The summed E-state index contributed by atoms with van der Waals surface area (Å²) in [7, 11) is 0. The maximum atomic E-state index is 12.3. The number of thiazole rings is 1. The van der Waals surface area contributed by atoms with Crippen LogP contribution in [0.4, 0.5) is 5.13 Å². The number of hydrogen-bond acceptors (Lipinski definition) is 4. The number of nitrogens with zero attached hydrogens (tertiary/aromatic N) is 1. The van der Waals surface area contributed by atoms with E-state index in [1.54, 1.807) is 12.3 Å². The van der Waals surface area contributed by atoms with E-state index >= 15 is 0 Å². The number of fused-ring (bicyclic) bond motifs is 1. The summed E-state index contributed by atoms with van der Waals surface area (Å²) in [5.74, 6) is -0.615. The molecule has 0 fully saturated rings. The summed E-state index contributed by atoms with van der Waals surface area (Å²) in [5.41, 5.74) is 9.17. The van der Waals surface area contributed by atoms with E-state index in [1.807, 2.05) is 35.8 Å². The molecule has 0 atom stereocenters. The summed E-state index contributed by atoms with van der Waals surface area (Å²) in [4.78, 5) is 33.8. The molecule has 4 rings (SSSR count). The summed E-state index contributed by atoms with van der Waals surface area (Å²) < 4.78 is 0. The Balaban J connectivity index is 1.38. The van der Waals surface area contributed by atoms with Crippen LogP contribution in [-0.2, 0) is 11.2 Å². The van der Waals surface area contributed by atoms with Gasteiger partial charge in [-0.15, -0.1) is 11.3 Å². The van der Waals surface area contributed by atoms with Gasteiger partial charge in [0, 0.05) is 40.7 Å². The van der Waals surface area contributed by atoms with Gasteiger partial charge in [-0.05, 0) is 24.1 Å². The SMILES string of the molecule is NC(=O)c1cc(-c2csc(NC(=O)CCc3c[nH]c4ccccc34)n2)c[nH]1. The van der Waals surface area contributed by atoms with Gasteiger partial charge in [0.25, 0.3) is 5.91 Å². The lowest BCUT2D eigenvalue weighted by molar-refractivity contribution is -0.116. The van der Waals surface area contributed by atoms with Crippen LogP contribution >= 0.6 is 11.3 Å². The number of hydrogen-bond donors (Lipinski definition) is 4. The Bertz CT molecular complexity index is 1120. The van der Waals surface area contributed by atoms with Crippen LogP contribution in [-0.4, -0.2) is 26.8 Å². The molecular formula is C19H17N5O2S. The predicted molar refractivity (Wildman–Crippen MR) is 106 cm³/mol. The third-order valence-corrected chi connectivity index (χ3v) is 5.05. The van der Waals surface area contributed by atoms with E-state index in [0.717, 1.165) is 22.0 Å². The topological polar surface area (TPSA) is 117 Å². The highest BCUT2D eigenvalue weighted by atomic mass is 32.1. The molecule has 0 aliphatic carbocycles. The minimum absolute atomic E-state index is 0.0897. The van der Waals surface area contributed by atoms with Crippen LogP contribution in [0.1, 0.15) is 22.5 Å². The number of nitrogens with two attached hydrogens (primary N) is 1. The Labute approximate surface area is 158 Å². The molecule has 5 N–H and O–H groups in total. The van der Waals surface area contributed by atoms with Crippen LogP contribution in [0.15, 0.2) is 48.1 Å². The number of carbonyl (C=O) groups is 2. The largest absolute Gasteiger partial charge is 0.364 e. The molecule has 27 heavy (non-hydrogen) atoms. The summed E-state index contributed by atoms with van der Waals surface area (Å²) in [6.07, 6.45) is 4.63. The van der Waals surface area contributed by atoms with Gasteiger partial charge in [-0.1, -0.05) is 18.2 Å². The van der Waals surface area contributed by atoms with Crippen molar-refractivity contribution in [2.45, 2.75) is 12.8 Å². The number of aryl methyl sites for hydroxylation is 1. The zero-order chi connectivity index (χ0) is 18.8. The zero-order valence-corrected chi connectivity index (χ0v) is 15.1. The van der Waals surface area contributed by atoms with E-state index in [2.05, 4.69) is 20.3 Å². The molecule has 1 aromatic carbocycles. The summed E-state index contributed by atoms with van der Waals surface area (Å²) >= 11 is 1.34. The van der Waals surface area contributed by atoms with Gasteiger partial charge in [-0.25, -0.2) is 4.98 Å². The van der Waals surface area contributed by atoms with Gasteiger partial charge >= 0.3 is 0 Å². The summed E-state index contributed by atoms with van der Waals surface area (Å²) in [5, 5.41) is 6.31. The van der Waals surface area contributed by atoms with Gasteiger partial charge in [0.15, 0.2) is 5.13 Å². The Hall–Kier alpha value is -3.39. The number of aromatic nitrogens is 3. The monoisotopic (exact) mass is 379 g/mol. The average Bonchev–Trinajstić information content (AvgIpc) is 3.39. The van der Waals surface area contributed by atoms with E-state index in [9.17, 15) is 9.59 Å². The molecule has 0 aliphatic heterocycles. The molecule has 3 heterocycles. The van der Waals surface area contributed by atoms with Gasteiger partial charge in [-0.3, -0.25) is 9.59 Å². The molecule has 0 saturated heterocycles. The van der Waals surface area contributed by atoms with Crippen LogP contribution in [0.25, 0.3) is 22.2 Å². The number of aromatic amines is 2. The molecular weight excluding hydrogens is 362 g/mol. The first-order chi connectivity index (χ1) is 13.1. The van der Waals surface area contributed by atoms with E-state index in [-0.39, 0.29) is 5.91 Å². The fourth-order valence-electron chi connectivity index (χ4n) is 2.92. The second-order valence-electron chi connectivity index (χ2n) is 6.11. The zero-order valence-electron chi connectivity index (χ0n) is 14.3. The predicted octanol–water partition coefficient (Wildman–Crippen LogP) is 3.29. The van der Waals surface area contributed by atoms with Crippen molar-refractivity contribution >= 4 is 39.2 Å². The van der Waals surface area contributed by atoms with Crippen molar-refractivity contribution < 1.29 is 9.59 Å². The number of carbonyl (C=O) groups excluding carboxylic acids is 2. The molecule has 0 bridgehead atoms. The minimum atomic E-state index is -0.526. The van der Waals surface area contributed by atoms with Gasteiger partial charge in [0.2, 0.25) is 5.91 Å². The fraction of sp³-hybridized carbons (Fsp3) is 0.105. The number of anilines is 1. The van der Waals surface area contributed by atoms with E-state index in [1.165, 1.54) is 11.3 Å². The number of para-hydroxylation sites is 1. The molecule has 0 aliphatic rings. The normalized spacial score (nSPS) is 11.0. The second kappa shape index (κ2) is 7.08. The van der Waals surface area contributed by atoms with Crippen molar-refractivity contribution in [1.29, 1.82) is 0 Å². The number of H-pyrrole nitrogens is 2. The first-order valence-corrected chi connectivity index (χ1v) is 9.27. The van der Waals surface area contributed by atoms with E-state index in [0.29, 0.717) is 29.4 Å². The molecule has 0 spiro atoms. The molecule has 7 nitrogen and oxygen atoms in total. The lowest BCUT2D eigenvalue weighted by Gasteiger charge is -2.01. The lowest BCUT2D eigenvalue weighted by Crippen LogP contribution is -2.12. The van der Waals surface area contributed by atoms with Crippen molar-refractivity contribution in [2.75, 3.05) is 5.32 Å². The molecule has 0 radical (unpaired) electrons. The van der Waals surface area contributed by atoms with Crippen LogP contribution in [0.2, 0.25) is 0 Å². The van der Waals surface area contributed by atoms with Crippen molar-refractivity contribution in [3.8, 4) is 11.3 Å². The molecule has 0 saturated carbocycles. The summed E-state index contributed by atoms with van der Waals surface area (Å²) in [6, 6.07) is 9.66. The number of nitrogens with one attached hydrogen (secondary N) is 3. The van der Waals surface area contributed by atoms with E-state index in [4.69, 9.17) is 5.73 Å². The molecule has 8 heteroatoms. The summed E-state index contributed by atoms with van der Waals surface area (Å²) in [6.45, 7) is 0. The van der Waals surface area contributed by atoms with Crippen molar-refractivity contribution in [3.05, 3.63) is 59.4 Å². The van der Waals surface area contributed by atoms with Crippen molar-refractivity contribution in [1.82, 2.24) is 15.0 Å². The molecule has 4 aromatic rings. The Morgan fingerprint density at radius 2 is 2.04 bits per heavy atom. The van der Waals surface area contributed by atoms with Crippen molar-refractivity contribution in [2.24, 2.45) is 5.73 Å². The number of primary amides is 1. The number of rotatable bonds is 6. The van der Waals surface area contributed by atoms with Crippen LogP contribution in [0.5, 0.6) is 0 Å². The highest BCUT2D eigenvalue weighted by Crippen LogP contribution is 2.26. The highest BCUT2D eigenvalue weighted by Gasteiger charge is 2.12. The van der Waals surface area contributed by atoms with Gasteiger partial charge in [0.1, 0.15) is 5.69 Å². The molecule has 3 aromatic heterocycles. The second-order valence-corrected chi connectivity index (χ2v) is 6.97. The maximum Gasteiger partial charge on any atom is 0.265 e. The fourth-order valence-corrected chi connectivity index (χ4v) is 3.65. The number of amides is 2. The quantitative estimate of drug-likeness (QED) is 0.412. The third-order valence-electron chi connectivity index (χ3n) is 4.29. The Morgan fingerprint density at radius 3 is 2.85 bits per heavy atom. The Kier molecular flexibility index (Phi) is 4.47. The average molecular weight is 379 g/mol. The molecule has 0 unspecified atom stereocenters. The van der Waals surface area contributed by atoms with Gasteiger partial charge in [0.05, 0.1) is 5.69 Å². The highest BCUT2D eigenvalue weighted by molar-refractivity contribution is 7.14. The molecule has 2 amide bonds. The number of benzene rings is 1. The van der Waals surface area contributed by atoms with Crippen LogP contribution < -0.4 is 11.1 Å². The maximum absolute atomic E-state index is 12.3. The van der Waals surface area contributed by atoms with Crippen LogP contribution in [0, 0.1) is 0 Å². The van der Waals surface area contributed by atoms with Crippen molar-refractivity contribution in [3.63, 3.8) is 0 Å². The smallest absolute Gasteiger partial charge is 0.265 e. The van der Waals surface area contributed by atoms with Gasteiger partial charge < -0.3 is 21.0 Å². The first kappa shape index (κ1) is 17.0. The first-order valence-electron chi connectivity index (χ1n) is 8.39. The minimum Gasteiger partial charge on any atom is -0.364 e. The van der Waals surface area contributed by atoms with Gasteiger partial charge in [-0.2, -0.15) is 0 Å². The lowest BCUT2D eigenvalue weighted by atomic mass is 10.1. The van der Waals surface area contributed by atoms with Crippen LogP contribution in [0.3, 0.4) is 0 Å². The molecule has 136 valence electrons. The standard InChI is InChI=1S/C19H17N5O2S/c20-18(26)15-7-12(9-22-15)16-10-27-19(23-16)24-17(25)6-5-11-8-21-14-4-2-1-3-13(11)14/h1-4,7-10,21-22H,5-6H2,(H2,20,26)(H,23,24,25). The van der Waals surface area contributed by atoms with E-state index < -0.39 is 5.91 Å².